The van der Waals surface area contributed by atoms with Crippen molar-refractivity contribution in [1.82, 2.24) is 4.98 Å². The van der Waals surface area contributed by atoms with Crippen molar-refractivity contribution in [2.45, 2.75) is 13.8 Å². The van der Waals surface area contributed by atoms with Crippen LogP contribution < -0.4 is 0 Å². The van der Waals surface area contributed by atoms with Gasteiger partial charge in [0.1, 0.15) is 11.2 Å². The van der Waals surface area contributed by atoms with Gasteiger partial charge in [0.2, 0.25) is 0 Å². The van der Waals surface area contributed by atoms with Crippen LogP contribution in [0.2, 0.25) is 5.15 Å². The molecule has 2 nitrogen and oxygen atoms in total. The third-order valence-electron chi connectivity index (χ3n) is 2.63. The molecule has 0 amide bonds. The van der Waals surface area contributed by atoms with E-state index in [-0.39, 0.29) is 5.15 Å². The molecule has 1 heterocycles. The Morgan fingerprint density at radius 2 is 1.94 bits per heavy atom. The van der Waals surface area contributed by atoms with Crippen molar-refractivity contribution in [3.63, 3.8) is 0 Å². The molecule has 0 aliphatic carbocycles. The minimum absolute atomic E-state index is 0.255. The van der Waals surface area contributed by atoms with E-state index in [9.17, 15) is 0 Å². The second-order valence-corrected chi connectivity index (χ2v) is 4.32. The molecule has 0 unspecified atom stereocenters. The fourth-order valence-electron chi connectivity index (χ4n) is 1.77. The Morgan fingerprint density at radius 1 is 1.18 bits per heavy atom. The van der Waals surface area contributed by atoms with Crippen molar-refractivity contribution in [2.75, 3.05) is 0 Å². The minimum Gasteiger partial charge on any atom is -0.235 e. The lowest BCUT2D eigenvalue weighted by Gasteiger charge is -2.07. The molecule has 0 atom stereocenters. The van der Waals surface area contributed by atoms with Gasteiger partial charge in [0.25, 0.3) is 0 Å². The van der Waals surface area contributed by atoms with Crippen LogP contribution in [0, 0.1) is 25.2 Å². The van der Waals surface area contributed by atoms with Crippen LogP contribution in [0.3, 0.4) is 0 Å². The molecule has 84 valence electrons. The highest BCUT2D eigenvalue weighted by Crippen LogP contribution is 2.25. The van der Waals surface area contributed by atoms with Crippen LogP contribution in [0.4, 0.5) is 0 Å². The zero-order valence-corrected chi connectivity index (χ0v) is 10.4. The van der Waals surface area contributed by atoms with Crippen LogP contribution in [0.15, 0.2) is 30.3 Å². The fourth-order valence-corrected chi connectivity index (χ4v) is 1.96. The summed E-state index contributed by atoms with van der Waals surface area (Å²) in [6.07, 6.45) is 0. The Bertz CT molecular complexity index is 612. The number of benzene rings is 1. The molecule has 17 heavy (non-hydrogen) atoms. The summed E-state index contributed by atoms with van der Waals surface area (Å²) in [7, 11) is 0. The van der Waals surface area contributed by atoms with Gasteiger partial charge in [0.05, 0.1) is 11.3 Å². The van der Waals surface area contributed by atoms with E-state index in [1.165, 1.54) is 5.56 Å². The zero-order valence-electron chi connectivity index (χ0n) is 9.66. The number of rotatable bonds is 1. The third-order valence-corrected chi connectivity index (χ3v) is 2.92. The van der Waals surface area contributed by atoms with E-state index in [1.54, 1.807) is 6.07 Å². The smallest absolute Gasteiger partial charge is 0.147 e. The Labute approximate surface area is 105 Å². The Kier molecular flexibility index (Phi) is 3.12. The predicted molar refractivity (Wildman–Crippen MR) is 68.9 cm³/mol. The summed E-state index contributed by atoms with van der Waals surface area (Å²) in [4.78, 5) is 4.25. The summed E-state index contributed by atoms with van der Waals surface area (Å²) in [5, 5.41) is 9.05. The van der Waals surface area contributed by atoms with Crippen LogP contribution >= 0.6 is 11.6 Å². The van der Waals surface area contributed by atoms with Crippen molar-refractivity contribution in [2.24, 2.45) is 0 Å². The molecule has 2 rings (SSSR count). The number of hydrogen-bond donors (Lipinski definition) is 0. The van der Waals surface area contributed by atoms with Crippen molar-refractivity contribution in [3.05, 3.63) is 52.2 Å². The molecule has 2 aromatic rings. The van der Waals surface area contributed by atoms with Crippen LogP contribution in [-0.2, 0) is 0 Å². The Hall–Kier alpha value is -1.85. The number of hydrogen-bond acceptors (Lipinski definition) is 2. The van der Waals surface area contributed by atoms with Gasteiger partial charge in [0, 0.05) is 5.56 Å². The highest BCUT2D eigenvalue weighted by atomic mass is 35.5. The number of nitrogens with zero attached hydrogens (tertiary/aromatic N) is 2. The maximum Gasteiger partial charge on any atom is 0.147 e. The molecule has 0 N–H and O–H groups in total. The average molecular weight is 243 g/mol. The molecule has 0 radical (unpaired) electrons. The summed E-state index contributed by atoms with van der Waals surface area (Å²) in [6, 6.07) is 11.7. The summed E-state index contributed by atoms with van der Waals surface area (Å²) >= 11 is 5.93. The van der Waals surface area contributed by atoms with E-state index >= 15 is 0 Å². The first kappa shape index (κ1) is 11.6. The molecule has 0 saturated carbocycles. The van der Waals surface area contributed by atoms with Gasteiger partial charge in [-0.3, -0.25) is 0 Å². The topological polar surface area (TPSA) is 36.7 Å². The third kappa shape index (κ3) is 2.30. The zero-order chi connectivity index (χ0) is 12.4. The summed E-state index contributed by atoms with van der Waals surface area (Å²) < 4.78 is 0. The molecule has 0 spiro atoms. The Balaban J connectivity index is 2.54. The van der Waals surface area contributed by atoms with Crippen LogP contribution in [0.5, 0.6) is 0 Å². The van der Waals surface area contributed by atoms with Crippen LogP contribution in [-0.4, -0.2) is 4.98 Å². The summed E-state index contributed by atoms with van der Waals surface area (Å²) in [5.41, 5.74) is 4.61. The molecule has 0 saturated heterocycles. The maximum atomic E-state index is 8.80. The SMILES string of the molecule is Cc1ccc(-c2ccc(C#N)c(Cl)n2)c(C)c1. The second-order valence-electron chi connectivity index (χ2n) is 3.97. The van der Waals surface area contributed by atoms with Gasteiger partial charge in [-0.15, -0.1) is 0 Å². The molecule has 1 aromatic heterocycles. The van der Waals surface area contributed by atoms with E-state index in [2.05, 4.69) is 18.0 Å². The number of aromatic nitrogens is 1. The molecule has 0 aliphatic rings. The monoisotopic (exact) mass is 242 g/mol. The van der Waals surface area contributed by atoms with Gasteiger partial charge >= 0.3 is 0 Å². The molecule has 1 aromatic carbocycles. The molecule has 0 aliphatic heterocycles. The number of halogens is 1. The standard InChI is InChI=1S/C14H11ClN2/c1-9-3-5-12(10(2)7-9)13-6-4-11(8-16)14(15)17-13/h3-7H,1-2H3. The minimum atomic E-state index is 0.255. The van der Waals surface area contributed by atoms with Gasteiger partial charge < -0.3 is 0 Å². The van der Waals surface area contributed by atoms with Crippen molar-refractivity contribution >= 4 is 11.6 Å². The van der Waals surface area contributed by atoms with Crippen molar-refractivity contribution in [3.8, 4) is 17.3 Å². The lowest BCUT2D eigenvalue weighted by molar-refractivity contribution is 1.28. The molecule has 3 heteroatoms. The summed E-state index contributed by atoms with van der Waals surface area (Å²) in [6.45, 7) is 4.09. The lowest BCUT2D eigenvalue weighted by Crippen LogP contribution is -1.90. The predicted octanol–water partition coefficient (Wildman–Crippen LogP) is 3.89. The second kappa shape index (κ2) is 4.57. The largest absolute Gasteiger partial charge is 0.235 e. The van der Waals surface area contributed by atoms with Gasteiger partial charge in [-0.2, -0.15) is 5.26 Å². The van der Waals surface area contributed by atoms with Gasteiger partial charge in [-0.25, -0.2) is 4.98 Å². The average Bonchev–Trinajstić information content (AvgIpc) is 2.29. The van der Waals surface area contributed by atoms with Crippen molar-refractivity contribution in [1.29, 1.82) is 5.26 Å². The quantitative estimate of drug-likeness (QED) is 0.712. The van der Waals surface area contributed by atoms with Gasteiger partial charge in [-0.1, -0.05) is 35.4 Å². The first-order chi connectivity index (χ1) is 8.11. The molecular formula is C14H11ClN2. The highest BCUT2D eigenvalue weighted by Gasteiger charge is 2.07. The van der Waals surface area contributed by atoms with Crippen LogP contribution in [0.25, 0.3) is 11.3 Å². The van der Waals surface area contributed by atoms with E-state index in [0.717, 1.165) is 16.8 Å². The molecule has 0 bridgehead atoms. The number of aryl methyl sites for hydroxylation is 2. The van der Waals surface area contributed by atoms with Gasteiger partial charge in [0.15, 0.2) is 0 Å². The van der Waals surface area contributed by atoms with E-state index in [0.29, 0.717) is 5.56 Å². The first-order valence-electron chi connectivity index (χ1n) is 5.26. The van der Waals surface area contributed by atoms with Gasteiger partial charge in [-0.05, 0) is 31.5 Å². The van der Waals surface area contributed by atoms with Crippen molar-refractivity contribution < 1.29 is 0 Å². The highest BCUT2D eigenvalue weighted by molar-refractivity contribution is 6.30. The lowest BCUT2D eigenvalue weighted by atomic mass is 10.0. The molecular weight excluding hydrogens is 232 g/mol. The van der Waals surface area contributed by atoms with E-state index in [4.69, 9.17) is 16.9 Å². The van der Waals surface area contributed by atoms with E-state index < -0.39 is 0 Å². The fraction of sp³-hybridized carbons (Fsp3) is 0.143. The number of pyridine rings is 1. The Morgan fingerprint density at radius 3 is 2.53 bits per heavy atom. The number of nitriles is 1. The first-order valence-corrected chi connectivity index (χ1v) is 5.64. The molecule has 0 fully saturated rings. The van der Waals surface area contributed by atoms with E-state index in [1.807, 2.05) is 31.2 Å². The normalized spacial score (nSPS) is 10.0. The van der Waals surface area contributed by atoms with Crippen LogP contribution in [0.1, 0.15) is 16.7 Å². The maximum absolute atomic E-state index is 8.80. The summed E-state index contributed by atoms with van der Waals surface area (Å²) in [5.74, 6) is 0.